The molecule has 0 aliphatic heterocycles. The molecular formula is C23H29N3O. The fourth-order valence-corrected chi connectivity index (χ4v) is 3.47. The third kappa shape index (κ3) is 4.77. The normalized spacial score (nSPS) is 11.3. The van der Waals surface area contributed by atoms with Gasteiger partial charge in [-0.15, -0.1) is 0 Å². The summed E-state index contributed by atoms with van der Waals surface area (Å²) in [7, 11) is 2.02. The summed E-state index contributed by atoms with van der Waals surface area (Å²) in [6.07, 6.45) is 2.45. The lowest BCUT2D eigenvalue weighted by molar-refractivity contribution is -0.120. The lowest BCUT2D eigenvalue weighted by Crippen LogP contribution is -2.24. The van der Waals surface area contributed by atoms with Gasteiger partial charge in [0.05, 0.1) is 6.42 Å². The van der Waals surface area contributed by atoms with Crippen molar-refractivity contribution in [3.8, 4) is 0 Å². The molecule has 1 aromatic heterocycles. The van der Waals surface area contributed by atoms with E-state index >= 15 is 0 Å². The number of fused-ring (bicyclic) bond motifs is 1. The molecule has 1 heterocycles. The number of nitrogens with zero attached hydrogens (tertiary/aromatic N) is 2. The first-order valence-corrected chi connectivity index (χ1v) is 9.70. The number of hydrogen-bond donors (Lipinski definition) is 1. The summed E-state index contributed by atoms with van der Waals surface area (Å²) in [6.45, 7) is 8.02. The SMILES string of the molecule is CCN(CC)Cc1ccc(CNC(=O)Cc2cn(C)c3ccccc23)cc1. The number of nitrogens with one attached hydrogen (secondary N) is 1. The maximum Gasteiger partial charge on any atom is 0.224 e. The van der Waals surface area contributed by atoms with Crippen LogP contribution in [0.3, 0.4) is 0 Å². The zero-order valence-corrected chi connectivity index (χ0v) is 16.5. The Morgan fingerprint density at radius 3 is 2.37 bits per heavy atom. The van der Waals surface area contributed by atoms with Crippen LogP contribution in [0.5, 0.6) is 0 Å². The molecule has 142 valence electrons. The van der Waals surface area contributed by atoms with Gasteiger partial charge < -0.3 is 9.88 Å². The number of aromatic nitrogens is 1. The minimum absolute atomic E-state index is 0.0542. The summed E-state index contributed by atoms with van der Waals surface area (Å²) in [4.78, 5) is 14.8. The van der Waals surface area contributed by atoms with Gasteiger partial charge in [0.1, 0.15) is 0 Å². The number of carbonyl (C=O) groups is 1. The van der Waals surface area contributed by atoms with Crippen LogP contribution < -0.4 is 5.32 Å². The molecule has 0 saturated carbocycles. The van der Waals surface area contributed by atoms with E-state index in [1.807, 2.05) is 25.4 Å². The third-order valence-corrected chi connectivity index (χ3v) is 5.14. The van der Waals surface area contributed by atoms with E-state index in [-0.39, 0.29) is 5.91 Å². The molecule has 4 heteroatoms. The van der Waals surface area contributed by atoms with Crippen molar-refractivity contribution in [2.45, 2.75) is 33.4 Å². The Labute approximate surface area is 161 Å². The van der Waals surface area contributed by atoms with Gasteiger partial charge in [0.15, 0.2) is 0 Å². The number of para-hydroxylation sites is 1. The van der Waals surface area contributed by atoms with Crippen LogP contribution in [0.15, 0.2) is 54.7 Å². The Morgan fingerprint density at radius 1 is 1.00 bits per heavy atom. The van der Waals surface area contributed by atoms with Crippen molar-refractivity contribution in [3.63, 3.8) is 0 Å². The Balaban J connectivity index is 1.56. The molecule has 0 radical (unpaired) electrons. The average Bonchev–Trinajstić information content (AvgIpc) is 3.01. The highest BCUT2D eigenvalue weighted by molar-refractivity contribution is 5.89. The maximum atomic E-state index is 12.4. The van der Waals surface area contributed by atoms with Gasteiger partial charge in [-0.05, 0) is 35.8 Å². The summed E-state index contributed by atoms with van der Waals surface area (Å²) in [6, 6.07) is 16.7. The van der Waals surface area contributed by atoms with Crippen LogP contribution >= 0.6 is 0 Å². The Hall–Kier alpha value is -2.59. The van der Waals surface area contributed by atoms with Crippen molar-refractivity contribution in [3.05, 3.63) is 71.4 Å². The average molecular weight is 364 g/mol. The number of aryl methyl sites for hydroxylation is 1. The van der Waals surface area contributed by atoms with Crippen molar-refractivity contribution >= 4 is 16.8 Å². The van der Waals surface area contributed by atoms with Crippen LogP contribution in [0.25, 0.3) is 10.9 Å². The van der Waals surface area contributed by atoms with Gasteiger partial charge in [-0.25, -0.2) is 0 Å². The van der Waals surface area contributed by atoms with Crippen LogP contribution in [0, 0.1) is 0 Å². The molecule has 3 aromatic rings. The first-order chi connectivity index (χ1) is 13.1. The Morgan fingerprint density at radius 2 is 1.67 bits per heavy atom. The van der Waals surface area contributed by atoms with E-state index in [0.29, 0.717) is 13.0 Å². The van der Waals surface area contributed by atoms with E-state index < -0.39 is 0 Å². The van der Waals surface area contributed by atoms with Crippen molar-refractivity contribution in [2.75, 3.05) is 13.1 Å². The summed E-state index contributed by atoms with van der Waals surface area (Å²) in [5.74, 6) is 0.0542. The van der Waals surface area contributed by atoms with Gasteiger partial charge in [0.25, 0.3) is 0 Å². The fraction of sp³-hybridized carbons (Fsp3) is 0.348. The third-order valence-electron chi connectivity index (χ3n) is 5.14. The molecule has 0 aliphatic rings. The smallest absolute Gasteiger partial charge is 0.224 e. The highest BCUT2D eigenvalue weighted by Crippen LogP contribution is 2.20. The van der Waals surface area contributed by atoms with E-state index in [1.165, 1.54) is 5.56 Å². The van der Waals surface area contributed by atoms with Crippen LogP contribution in [0.1, 0.15) is 30.5 Å². The molecule has 1 N–H and O–H groups in total. The second-order valence-electron chi connectivity index (χ2n) is 7.01. The molecule has 0 atom stereocenters. The number of hydrogen-bond acceptors (Lipinski definition) is 2. The number of benzene rings is 2. The van der Waals surface area contributed by atoms with Crippen molar-refractivity contribution in [1.82, 2.24) is 14.8 Å². The largest absolute Gasteiger partial charge is 0.352 e. The molecule has 0 bridgehead atoms. The van der Waals surface area contributed by atoms with E-state index in [0.717, 1.165) is 41.7 Å². The van der Waals surface area contributed by atoms with Crippen LogP contribution in [-0.2, 0) is 31.4 Å². The predicted octanol–water partition coefficient (Wildman–Crippen LogP) is 3.88. The number of rotatable bonds is 8. The van der Waals surface area contributed by atoms with Crippen LogP contribution in [0.4, 0.5) is 0 Å². The van der Waals surface area contributed by atoms with Crippen molar-refractivity contribution in [2.24, 2.45) is 7.05 Å². The quantitative estimate of drug-likeness (QED) is 0.659. The molecule has 0 saturated heterocycles. The fourth-order valence-electron chi connectivity index (χ4n) is 3.47. The molecule has 3 rings (SSSR count). The van der Waals surface area contributed by atoms with Crippen LogP contribution in [-0.4, -0.2) is 28.5 Å². The van der Waals surface area contributed by atoms with E-state index in [2.05, 4.69) is 65.0 Å². The highest BCUT2D eigenvalue weighted by atomic mass is 16.1. The summed E-state index contributed by atoms with van der Waals surface area (Å²) in [5, 5.41) is 4.19. The van der Waals surface area contributed by atoms with Gasteiger partial charge in [0, 0.05) is 37.2 Å². The molecule has 27 heavy (non-hydrogen) atoms. The number of amides is 1. The molecule has 4 nitrogen and oxygen atoms in total. The van der Waals surface area contributed by atoms with Gasteiger partial charge >= 0.3 is 0 Å². The van der Waals surface area contributed by atoms with Gasteiger partial charge in [0.2, 0.25) is 5.91 Å². The predicted molar refractivity (Wildman–Crippen MR) is 112 cm³/mol. The van der Waals surface area contributed by atoms with Crippen LogP contribution in [0.2, 0.25) is 0 Å². The van der Waals surface area contributed by atoms with Gasteiger partial charge in [-0.1, -0.05) is 56.3 Å². The molecule has 1 amide bonds. The molecule has 0 fully saturated rings. The maximum absolute atomic E-state index is 12.4. The summed E-state index contributed by atoms with van der Waals surface area (Å²) >= 11 is 0. The summed E-state index contributed by atoms with van der Waals surface area (Å²) in [5.41, 5.74) is 4.67. The van der Waals surface area contributed by atoms with E-state index in [1.54, 1.807) is 0 Å². The number of carbonyl (C=O) groups excluding carboxylic acids is 1. The molecule has 0 spiro atoms. The molecule has 2 aromatic carbocycles. The minimum Gasteiger partial charge on any atom is -0.352 e. The van der Waals surface area contributed by atoms with E-state index in [4.69, 9.17) is 0 Å². The summed E-state index contributed by atoms with van der Waals surface area (Å²) < 4.78 is 2.08. The highest BCUT2D eigenvalue weighted by Gasteiger charge is 2.10. The van der Waals surface area contributed by atoms with Gasteiger partial charge in [-0.3, -0.25) is 9.69 Å². The van der Waals surface area contributed by atoms with Gasteiger partial charge in [-0.2, -0.15) is 0 Å². The zero-order chi connectivity index (χ0) is 19.2. The molecule has 0 aliphatic carbocycles. The van der Waals surface area contributed by atoms with Crippen molar-refractivity contribution < 1.29 is 4.79 Å². The van der Waals surface area contributed by atoms with E-state index in [9.17, 15) is 4.79 Å². The monoisotopic (exact) mass is 363 g/mol. The topological polar surface area (TPSA) is 37.3 Å². The minimum atomic E-state index is 0.0542. The lowest BCUT2D eigenvalue weighted by Gasteiger charge is -2.18. The molecular weight excluding hydrogens is 334 g/mol. The standard InChI is InChI=1S/C23H29N3O/c1-4-26(5-2)16-19-12-10-18(11-13-19)15-24-23(27)14-20-17-25(3)22-9-7-6-8-21(20)22/h6-13,17H,4-5,14-16H2,1-3H3,(H,24,27). The lowest BCUT2D eigenvalue weighted by atomic mass is 10.1. The molecule has 0 unspecified atom stereocenters. The second-order valence-corrected chi connectivity index (χ2v) is 7.01. The van der Waals surface area contributed by atoms with Crippen molar-refractivity contribution in [1.29, 1.82) is 0 Å². The first-order valence-electron chi connectivity index (χ1n) is 9.70. The second kappa shape index (κ2) is 8.87. The first kappa shape index (κ1) is 19.2. The Bertz CT molecular complexity index is 892. The Kier molecular flexibility index (Phi) is 6.30. The zero-order valence-electron chi connectivity index (χ0n) is 16.5.